The number of fused-ring (bicyclic) bond motifs is 1. The molecule has 2 nitrogen and oxygen atoms in total. The summed E-state index contributed by atoms with van der Waals surface area (Å²) < 4.78 is 15.8. The quantitative estimate of drug-likeness (QED) is 0.621. The maximum atomic E-state index is 13.9. The number of halogens is 2. The minimum Gasteiger partial charge on any atom is -0.295 e. The number of aromatic nitrogens is 2. The number of imidazole rings is 1. The van der Waals surface area contributed by atoms with Gasteiger partial charge in [0.05, 0.1) is 10.9 Å². The molecule has 0 fully saturated rings. The average molecular weight is 289 g/mol. The molecular formula is C16H14ClFN2. The number of benzene rings is 2. The number of nitrogens with zero attached hydrogens (tertiary/aromatic N) is 2. The van der Waals surface area contributed by atoms with E-state index in [-0.39, 0.29) is 11.2 Å². The molecule has 102 valence electrons. The highest BCUT2D eigenvalue weighted by atomic mass is 35.5. The lowest BCUT2D eigenvalue weighted by Crippen LogP contribution is -2.01. The monoisotopic (exact) mass is 288 g/mol. The van der Waals surface area contributed by atoms with Gasteiger partial charge in [-0.15, -0.1) is 11.6 Å². The van der Waals surface area contributed by atoms with Crippen molar-refractivity contribution in [1.29, 1.82) is 0 Å². The SMILES string of the molecule is Cc1ccc(-n2c(C(C)Cl)nc3c(F)cccc32)cc1. The molecule has 0 radical (unpaired) electrons. The van der Waals surface area contributed by atoms with Gasteiger partial charge in [0.15, 0.2) is 5.82 Å². The zero-order valence-corrected chi connectivity index (χ0v) is 12.0. The number of hydrogen-bond acceptors (Lipinski definition) is 1. The minimum absolute atomic E-state index is 0.303. The van der Waals surface area contributed by atoms with Crippen LogP contribution in [0, 0.1) is 12.7 Å². The van der Waals surface area contributed by atoms with Gasteiger partial charge in [-0.2, -0.15) is 0 Å². The van der Waals surface area contributed by atoms with Gasteiger partial charge in [-0.3, -0.25) is 4.57 Å². The van der Waals surface area contributed by atoms with Crippen molar-refractivity contribution in [2.45, 2.75) is 19.2 Å². The third-order valence-electron chi connectivity index (χ3n) is 3.31. The van der Waals surface area contributed by atoms with Crippen molar-refractivity contribution in [2.24, 2.45) is 0 Å². The van der Waals surface area contributed by atoms with Crippen molar-refractivity contribution < 1.29 is 4.39 Å². The third kappa shape index (κ3) is 2.08. The molecule has 0 aliphatic heterocycles. The van der Waals surface area contributed by atoms with Crippen LogP contribution in [0.15, 0.2) is 42.5 Å². The second kappa shape index (κ2) is 4.91. The molecule has 1 heterocycles. The molecule has 1 atom stereocenters. The van der Waals surface area contributed by atoms with Gasteiger partial charge in [0.1, 0.15) is 11.3 Å². The largest absolute Gasteiger partial charge is 0.295 e. The lowest BCUT2D eigenvalue weighted by molar-refractivity contribution is 0.637. The van der Waals surface area contributed by atoms with Crippen molar-refractivity contribution >= 4 is 22.6 Å². The summed E-state index contributed by atoms with van der Waals surface area (Å²) in [5.74, 6) is 0.322. The molecule has 2 aromatic carbocycles. The summed E-state index contributed by atoms with van der Waals surface area (Å²) in [6, 6.07) is 13.0. The molecule has 0 aliphatic rings. The molecule has 3 aromatic rings. The maximum absolute atomic E-state index is 13.9. The van der Waals surface area contributed by atoms with Crippen LogP contribution in [0.1, 0.15) is 23.7 Å². The van der Waals surface area contributed by atoms with E-state index in [0.29, 0.717) is 11.3 Å². The summed E-state index contributed by atoms with van der Waals surface area (Å²) in [6.07, 6.45) is 0. The molecule has 4 heteroatoms. The van der Waals surface area contributed by atoms with Gasteiger partial charge in [0.25, 0.3) is 0 Å². The Morgan fingerprint density at radius 1 is 1.15 bits per heavy atom. The molecule has 1 aromatic heterocycles. The lowest BCUT2D eigenvalue weighted by Gasteiger charge is -2.10. The van der Waals surface area contributed by atoms with E-state index in [1.54, 1.807) is 6.07 Å². The summed E-state index contributed by atoms with van der Waals surface area (Å²) in [4.78, 5) is 4.37. The summed E-state index contributed by atoms with van der Waals surface area (Å²) in [7, 11) is 0. The van der Waals surface area contributed by atoms with Crippen LogP contribution in [0.2, 0.25) is 0 Å². The van der Waals surface area contributed by atoms with Crippen molar-refractivity contribution in [2.75, 3.05) is 0 Å². The first kappa shape index (κ1) is 13.1. The Morgan fingerprint density at radius 3 is 2.50 bits per heavy atom. The molecule has 1 unspecified atom stereocenters. The van der Waals surface area contributed by atoms with Crippen molar-refractivity contribution in [3.8, 4) is 5.69 Å². The zero-order valence-electron chi connectivity index (χ0n) is 11.3. The van der Waals surface area contributed by atoms with Crippen LogP contribution in [-0.4, -0.2) is 9.55 Å². The maximum Gasteiger partial charge on any atom is 0.151 e. The number of hydrogen-bond donors (Lipinski definition) is 0. The van der Waals surface area contributed by atoms with Crippen molar-refractivity contribution in [3.63, 3.8) is 0 Å². The van der Waals surface area contributed by atoms with Crippen LogP contribution in [0.25, 0.3) is 16.7 Å². The number of alkyl halides is 1. The van der Waals surface area contributed by atoms with E-state index in [1.807, 2.05) is 48.7 Å². The Labute approximate surface area is 121 Å². The highest BCUT2D eigenvalue weighted by molar-refractivity contribution is 6.20. The van der Waals surface area contributed by atoms with Crippen LogP contribution in [0.5, 0.6) is 0 Å². The second-order valence-electron chi connectivity index (χ2n) is 4.86. The van der Waals surface area contributed by atoms with Crippen LogP contribution in [-0.2, 0) is 0 Å². The molecule has 0 amide bonds. The summed E-state index contributed by atoms with van der Waals surface area (Å²) in [5, 5.41) is -0.303. The smallest absolute Gasteiger partial charge is 0.151 e. The topological polar surface area (TPSA) is 17.8 Å². The molecule has 0 bridgehead atoms. The van der Waals surface area contributed by atoms with Gasteiger partial charge < -0.3 is 0 Å². The fourth-order valence-corrected chi connectivity index (χ4v) is 2.46. The first-order valence-corrected chi connectivity index (χ1v) is 6.89. The van der Waals surface area contributed by atoms with Crippen LogP contribution in [0.4, 0.5) is 4.39 Å². The highest BCUT2D eigenvalue weighted by Crippen LogP contribution is 2.29. The molecule has 0 N–H and O–H groups in total. The first-order valence-electron chi connectivity index (χ1n) is 6.46. The van der Waals surface area contributed by atoms with Gasteiger partial charge in [-0.25, -0.2) is 9.37 Å². The fourth-order valence-electron chi connectivity index (χ4n) is 2.32. The molecule has 0 aliphatic carbocycles. The van der Waals surface area contributed by atoms with E-state index in [0.717, 1.165) is 11.2 Å². The summed E-state index contributed by atoms with van der Waals surface area (Å²) in [6.45, 7) is 3.87. The van der Waals surface area contributed by atoms with E-state index in [1.165, 1.54) is 11.6 Å². The van der Waals surface area contributed by atoms with Crippen LogP contribution >= 0.6 is 11.6 Å². The van der Waals surface area contributed by atoms with Gasteiger partial charge >= 0.3 is 0 Å². The normalized spacial score (nSPS) is 12.8. The number of para-hydroxylation sites is 1. The van der Waals surface area contributed by atoms with E-state index in [4.69, 9.17) is 11.6 Å². The molecule has 20 heavy (non-hydrogen) atoms. The van der Waals surface area contributed by atoms with Crippen LogP contribution in [0.3, 0.4) is 0 Å². The van der Waals surface area contributed by atoms with E-state index >= 15 is 0 Å². The molecule has 3 rings (SSSR count). The van der Waals surface area contributed by atoms with Crippen molar-refractivity contribution in [3.05, 3.63) is 59.7 Å². The Balaban J connectivity index is 2.35. The highest BCUT2D eigenvalue weighted by Gasteiger charge is 2.18. The Hall–Kier alpha value is -1.87. The first-order chi connectivity index (χ1) is 9.58. The number of aryl methyl sites for hydroxylation is 1. The number of rotatable bonds is 2. The Bertz CT molecular complexity index is 760. The standard InChI is InChI=1S/C16H14ClFN2/c1-10-6-8-12(9-7-10)20-14-5-3-4-13(18)15(14)19-16(20)11(2)17/h3-9,11H,1-2H3. The van der Waals surface area contributed by atoms with Crippen molar-refractivity contribution in [1.82, 2.24) is 9.55 Å². The van der Waals surface area contributed by atoms with Gasteiger partial charge in [-0.1, -0.05) is 23.8 Å². The van der Waals surface area contributed by atoms with E-state index in [2.05, 4.69) is 4.98 Å². The summed E-state index contributed by atoms with van der Waals surface area (Å²) >= 11 is 6.21. The second-order valence-corrected chi connectivity index (χ2v) is 5.52. The molecular weight excluding hydrogens is 275 g/mol. The Morgan fingerprint density at radius 2 is 1.85 bits per heavy atom. The van der Waals surface area contributed by atoms with E-state index < -0.39 is 0 Å². The van der Waals surface area contributed by atoms with Gasteiger partial charge in [-0.05, 0) is 38.1 Å². The molecule has 0 saturated carbocycles. The summed E-state index contributed by atoms with van der Waals surface area (Å²) in [5.41, 5.74) is 3.20. The molecule has 0 saturated heterocycles. The van der Waals surface area contributed by atoms with Gasteiger partial charge in [0, 0.05) is 5.69 Å². The molecule has 0 spiro atoms. The van der Waals surface area contributed by atoms with Gasteiger partial charge in [0.2, 0.25) is 0 Å². The van der Waals surface area contributed by atoms with E-state index in [9.17, 15) is 4.39 Å². The van der Waals surface area contributed by atoms with Crippen LogP contribution < -0.4 is 0 Å². The fraction of sp³-hybridized carbons (Fsp3) is 0.188. The lowest BCUT2D eigenvalue weighted by atomic mass is 10.2. The zero-order chi connectivity index (χ0) is 14.3. The Kier molecular flexibility index (Phi) is 3.22. The average Bonchev–Trinajstić information content (AvgIpc) is 2.81. The predicted octanol–water partition coefficient (Wildman–Crippen LogP) is 4.77. The predicted molar refractivity (Wildman–Crippen MR) is 80.0 cm³/mol. The third-order valence-corrected chi connectivity index (χ3v) is 3.50. The minimum atomic E-state index is -0.327.